The van der Waals surface area contributed by atoms with E-state index in [1.54, 1.807) is 0 Å². The fraction of sp³-hybridized carbons (Fsp3) is 0.750. The van der Waals surface area contributed by atoms with E-state index < -0.39 is 5.97 Å². The van der Waals surface area contributed by atoms with E-state index in [0.717, 1.165) is 18.7 Å². The lowest BCUT2D eigenvalue weighted by Gasteiger charge is -2.23. The Morgan fingerprint density at radius 1 is 1.50 bits per heavy atom. The van der Waals surface area contributed by atoms with Crippen molar-refractivity contribution >= 4 is 5.97 Å². The third-order valence-electron chi connectivity index (χ3n) is 2.67. The molecule has 0 radical (unpaired) electrons. The largest absolute Gasteiger partial charge is 0.481 e. The van der Waals surface area contributed by atoms with Gasteiger partial charge < -0.3 is 9.63 Å². The van der Waals surface area contributed by atoms with Crippen molar-refractivity contribution in [2.24, 2.45) is 0 Å². The van der Waals surface area contributed by atoms with E-state index in [1.807, 2.05) is 18.7 Å². The molecule has 102 valence electrons. The average Bonchev–Trinajstić information content (AvgIpc) is 2.71. The second kappa shape index (κ2) is 7.10. The quantitative estimate of drug-likeness (QED) is 0.761. The van der Waals surface area contributed by atoms with Crippen LogP contribution in [-0.2, 0) is 17.8 Å². The van der Waals surface area contributed by atoms with Crippen LogP contribution in [0.5, 0.6) is 0 Å². The Morgan fingerprint density at radius 3 is 2.78 bits per heavy atom. The van der Waals surface area contributed by atoms with Gasteiger partial charge in [0.25, 0.3) is 0 Å². The van der Waals surface area contributed by atoms with Crippen LogP contribution in [0, 0.1) is 0 Å². The topological polar surface area (TPSA) is 79.5 Å². The summed E-state index contributed by atoms with van der Waals surface area (Å²) in [5.74, 6) is 0.477. The zero-order valence-electron chi connectivity index (χ0n) is 11.2. The van der Waals surface area contributed by atoms with Crippen LogP contribution in [0.15, 0.2) is 4.52 Å². The highest BCUT2D eigenvalue weighted by Crippen LogP contribution is 2.08. The van der Waals surface area contributed by atoms with Crippen molar-refractivity contribution < 1.29 is 14.4 Å². The number of carbonyl (C=O) groups is 1. The first-order valence-corrected chi connectivity index (χ1v) is 6.30. The van der Waals surface area contributed by atoms with Crippen molar-refractivity contribution in [3.63, 3.8) is 0 Å². The summed E-state index contributed by atoms with van der Waals surface area (Å²) in [6, 6.07) is 0.242. The van der Waals surface area contributed by atoms with Gasteiger partial charge in [-0.15, -0.1) is 0 Å². The molecular weight excluding hydrogens is 234 g/mol. The molecule has 1 aromatic rings. The molecule has 0 fully saturated rings. The number of rotatable bonds is 8. The van der Waals surface area contributed by atoms with Gasteiger partial charge in [0.05, 0.1) is 13.0 Å². The summed E-state index contributed by atoms with van der Waals surface area (Å²) >= 11 is 0. The summed E-state index contributed by atoms with van der Waals surface area (Å²) in [7, 11) is 0. The molecule has 0 bridgehead atoms. The molecule has 1 rings (SSSR count). The zero-order chi connectivity index (χ0) is 13.5. The molecule has 0 unspecified atom stereocenters. The molecule has 0 aliphatic rings. The van der Waals surface area contributed by atoms with Crippen LogP contribution in [0.1, 0.15) is 45.3 Å². The SMILES string of the molecule is CCCc1noc(CN(CCC(=O)O)C(C)C)n1. The van der Waals surface area contributed by atoms with Gasteiger partial charge >= 0.3 is 5.97 Å². The Bertz CT molecular complexity index is 376. The number of aromatic nitrogens is 2. The normalized spacial score (nSPS) is 11.4. The first-order valence-electron chi connectivity index (χ1n) is 6.30. The molecule has 6 nitrogen and oxygen atoms in total. The first-order chi connectivity index (χ1) is 8.52. The Labute approximate surface area is 107 Å². The van der Waals surface area contributed by atoms with Gasteiger partial charge in [-0.1, -0.05) is 12.1 Å². The van der Waals surface area contributed by atoms with Crippen LogP contribution in [0.4, 0.5) is 0 Å². The second-order valence-electron chi connectivity index (χ2n) is 4.56. The van der Waals surface area contributed by atoms with Crippen molar-refractivity contribution in [3.05, 3.63) is 11.7 Å². The minimum Gasteiger partial charge on any atom is -0.481 e. The Morgan fingerprint density at radius 2 is 2.22 bits per heavy atom. The number of aliphatic carboxylic acids is 1. The van der Waals surface area contributed by atoms with E-state index in [-0.39, 0.29) is 12.5 Å². The van der Waals surface area contributed by atoms with Crippen molar-refractivity contribution in [3.8, 4) is 0 Å². The maximum atomic E-state index is 10.6. The maximum absolute atomic E-state index is 10.6. The summed E-state index contributed by atoms with van der Waals surface area (Å²) in [4.78, 5) is 16.9. The van der Waals surface area contributed by atoms with Crippen LogP contribution in [0.2, 0.25) is 0 Å². The highest BCUT2D eigenvalue weighted by Gasteiger charge is 2.15. The maximum Gasteiger partial charge on any atom is 0.304 e. The van der Waals surface area contributed by atoms with Gasteiger partial charge in [0.2, 0.25) is 5.89 Å². The lowest BCUT2D eigenvalue weighted by atomic mass is 10.3. The lowest BCUT2D eigenvalue weighted by molar-refractivity contribution is -0.137. The smallest absolute Gasteiger partial charge is 0.304 e. The van der Waals surface area contributed by atoms with Gasteiger partial charge in [0.15, 0.2) is 5.82 Å². The molecule has 0 saturated heterocycles. The number of carboxylic acids is 1. The fourth-order valence-electron chi connectivity index (χ4n) is 1.61. The predicted molar refractivity (Wildman–Crippen MR) is 66.1 cm³/mol. The number of hydrogen-bond donors (Lipinski definition) is 1. The molecule has 6 heteroatoms. The van der Waals surface area contributed by atoms with Crippen molar-refractivity contribution in [2.75, 3.05) is 6.54 Å². The van der Waals surface area contributed by atoms with Gasteiger partial charge in [-0.05, 0) is 20.3 Å². The van der Waals surface area contributed by atoms with Crippen molar-refractivity contribution in [1.29, 1.82) is 0 Å². The second-order valence-corrected chi connectivity index (χ2v) is 4.56. The predicted octanol–water partition coefficient (Wildman–Crippen LogP) is 1.71. The monoisotopic (exact) mass is 255 g/mol. The molecule has 18 heavy (non-hydrogen) atoms. The first kappa shape index (κ1) is 14.6. The Kier molecular flexibility index (Phi) is 5.77. The van der Waals surface area contributed by atoms with E-state index in [1.165, 1.54) is 0 Å². The molecule has 0 aromatic carbocycles. The summed E-state index contributed by atoms with van der Waals surface area (Å²) in [5, 5.41) is 12.6. The summed E-state index contributed by atoms with van der Waals surface area (Å²) in [5.41, 5.74) is 0. The summed E-state index contributed by atoms with van der Waals surface area (Å²) in [6.45, 7) is 7.08. The van der Waals surface area contributed by atoms with E-state index in [4.69, 9.17) is 9.63 Å². The number of carboxylic acid groups (broad SMARTS) is 1. The third-order valence-corrected chi connectivity index (χ3v) is 2.67. The van der Waals surface area contributed by atoms with Crippen LogP contribution in [0.25, 0.3) is 0 Å². The molecule has 1 heterocycles. The fourth-order valence-corrected chi connectivity index (χ4v) is 1.61. The van der Waals surface area contributed by atoms with Crippen LogP contribution in [-0.4, -0.2) is 38.7 Å². The zero-order valence-corrected chi connectivity index (χ0v) is 11.2. The summed E-state index contributed by atoms with van der Waals surface area (Å²) in [6.07, 6.45) is 1.90. The van der Waals surface area contributed by atoms with Gasteiger partial charge in [-0.3, -0.25) is 9.69 Å². The molecule has 0 aliphatic carbocycles. The lowest BCUT2D eigenvalue weighted by Crippen LogP contribution is -2.32. The Hall–Kier alpha value is -1.43. The number of hydrogen-bond acceptors (Lipinski definition) is 5. The van der Waals surface area contributed by atoms with Crippen molar-refractivity contribution in [1.82, 2.24) is 15.0 Å². The number of nitrogens with zero attached hydrogens (tertiary/aromatic N) is 3. The summed E-state index contributed by atoms with van der Waals surface area (Å²) < 4.78 is 5.15. The standard InChI is InChI=1S/C12H21N3O3/c1-4-5-10-13-11(18-14-10)8-15(9(2)3)7-6-12(16)17/h9H,4-8H2,1-3H3,(H,16,17). The van der Waals surface area contributed by atoms with E-state index in [2.05, 4.69) is 17.1 Å². The van der Waals surface area contributed by atoms with Gasteiger partial charge in [-0.25, -0.2) is 0 Å². The highest BCUT2D eigenvalue weighted by molar-refractivity contribution is 5.66. The molecule has 1 N–H and O–H groups in total. The molecular formula is C12H21N3O3. The van der Waals surface area contributed by atoms with E-state index >= 15 is 0 Å². The van der Waals surface area contributed by atoms with Gasteiger partial charge in [0, 0.05) is 19.0 Å². The molecule has 0 amide bonds. The minimum atomic E-state index is -0.794. The average molecular weight is 255 g/mol. The molecule has 1 aromatic heterocycles. The van der Waals surface area contributed by atoms with Crippen LogP contribution in [0.3, 0.4) is 0 Å². The molecule has 0 saturated carbocycles. The van der Waals surface area contributed by atoms with E-state index in [9.17, 15) is 4.79 Å². The van der Waals surface area contributed by atoms with Crippen molar-refractivity contribution in [2.45, 2.75) is 52.6 Å². The molecule has 0 aliphatic heterocycles. The Balaban J connectivity index is 2.55. The third kappa shape index (κ3) is 4.83. The molecule has 0 spiro atoms. The van der Waals surface area contributed by atoms with E-state index in [0.29, 0.717) is 19.0 Å². The van der Waals surface area contributed by atoms with Gasteiger partial charge in [0.1, 0.15) is 0 Å². The van der Waals surface area contributed by atoms with Crippen LogP contribution < -0.4 is 0 Å². The highest BCUT2D eigenvalue weighted by atomic mass is 16.5. The van der Waals surface area contributed by atoms with Gasteiger partial charge in [-0.2, -0.15) is 4.98 Å². The number of aryl methyl sites for hydroxylation is 1. The molecule has 0 atom stereocenters. The van der Waals surface area contributed by atoms with Crippen LogP contribution >= 0.6 is 0 Å². The minimum absolute atomic E-state index is 0.119.